The van der Waals surface area contributed by atoms with E-state index in [2.05, 4.69) is 5.32 Å². The molecule has 0 aliphatic carbocycles. The summed E-state index contributed by atoms with van der Waals surface area (Å²) in [5, 5.41) is 13.8. The molecular formula is C16H15NO3S2. The fourth-order valence-corrected chi connectivity index (χ4v) is 4.74. The molecule has 1 aromatic heterocycles. The minimum Gasteiger partial charge on any atom is -0.478 e. The maximum Gasteiger partial charge on any atom is 0.335 e. The molecule has 0 radical (unpaired) electrons. The summed E-state index contributed by atoms with van der Waals surface area (Å²) in [5.74, 6) is -0.155. The number of hydrogen-bond donors (Lipinski definition) is 2. The number of aromatic carboxylic acids is 1. The zero-order valence-corrected chi connectivity index (χ0v) is 13.6. The van der Waals surface area contributed by atoms with Crippen LogP contribution in [0.15, 0.2) is 29.6 Å². The van der Waals surface area contributed by atoms with Gasteiger partial charge in [-0.3, -0.25) is 4.79 Å². The summed E-state index contributed by atoms with van der Waals surface area (Å²) in [5.41, 5.74) is 2.68. The smallest absolute Gasteiger partial charge is 0.335 e. The van der Waals surface area contributed by atoms with Crippen LogP contribution in [-0.4, -0.2) is 22.7 Å². The van der Waals surface area contributed by atoms with Crippen LogP contribution in [0.1, 0.15) is 31.6 Å². The summed E-state index contributed by atoms with van der Waals surface area (Å²) in [6.45, 7) is 1.85. The molecule has 0 saturated heterocycles. The first-order chi connectivity index (χ1) is 10.6. The normalized spacial score (nSPS) is 16.9. The number of hydrogen-bond acceptors (Lipinski definition) is 4. The standard InChI is InChI=1S/C16H15NO3S2/c1-9-2-3-10(16(19)20)8-12(9)17-15(18)14-11-4-6-21-13(11)5-7-22-14/h2-4,6,8,14H,5,7H2,1H3,(H,17,18)(H,19,20). The summed E-state index contributed by atoms with van der Waals surface area (Å²) in [6, 6.07) is 6.78. The molecule has 1 unspecified atom stereocenters. The van der Waals surface area contributed by atoms with Crippen molar-refractivity contribution in [3.8, 4) is 0 Å². The van der Waals surface area contributed by atoms with Crippen molar-refractivity contribution < 1.29 is 14.7 Å². The van der Waals surface area contributed by atoms with Crippen molar-refractivity contribution >= 4 is 40.7 Å². The van der Waals surface area contributed by atoms with Crippen LogP contribution in [0.2, 0.25) is 0 Å². The molecule has 3 rings (SSSR count). The van der Waals surface area contributed by atoms with E-state index >= 15 is 0 Å². The monoisotopic (exact) mass is 333 g/mol. The van der Waals surface area contributed by atoms with Crippen molar-refractivity contribution in [1.29, 1.82) is 0 Å². The number of thiophene rings is 1. The second-order valence-corrected chi connectivity index (χ2v) is 7.34. The predicted molar refractivity (Wildman–Crippen MR) is 90.0 cm³/mol. The van der Waals surface area contributed by atoms with E-state index in [1.807, 2.05) is 18.4 Å². The van der Waals surface area contributed by atoms with Gasteiger partial charge in [-0.25, -0.2) is 4.79 Å². The second kappa shape index (κ2) is 6.14. The maximum atomic E-state index is 12.6. The summed E-state index contributed by atoms with van der Waals surface area (Å²) in [7, 11) is 0. The van der Waals surface area contributed by atoms with Crippen LogP contribution < -0.4 is 5.32 Å². The fraction of sp³-hybridized carbons (Fsp3) is 0.250. The van der Waals surface area contributed by atoms with Gasteiger partial charge in [-0.05, 0) is 53.8 Å². The minimum atomic E-state index is -0.998. The van der Waals surface area contributed by atoms with Gasteiger partial charge in [0, 0.05) is 10.6 Å². The third-order valence-electron chi connectivity index (χ3n) is 3.66. The lowest BCUT2D eigenvalue weighted by Crippen LogP contribution is -2.22. The summed E-state index contributed by atoms with van der Waals surface area (Å²) >= 11 is 3.32. The number of nitrogens with one attached hydrogen (secondary N) is 1. The maximum absolute atomic E-state index is 12.6. The number of anilines is 1. The van der Waals surface area contributed by atoms with Crippen LogP contribution in [0, 0.1) is 6.92 Å². The van der Waals surface area contributed by atoms with Gasteiger partial charge in [-0.1, -0.05) is 6.07 Å². The van der Waals surface area contributed by atoms with E-state index in [-0.39, 0.29) is 16.7 Å². The van der Waals surface area contributed by atoms with E-state index in [0.29, 0.717) is 5.69 Å². The Morgan fingerprint density at radius 1 is 1.32 bits per heavy atom. The predicted octanol–water partition coefficient (Wildman–Crippen LogP) is 3.72. The molecule has 2 aromatic rings. The molecule has 0 fully saturated rings. The van der Waals surface area contributed by atoms with E-state index < -0.39 is 5.97 Å². The van der Waals surface area contributed by atoms with Crippen LogP contribution in [0.25, 0.3) is 0 Å². The number of carbonyl (C=O) groups excluding carboxylic acids is 1. The number of carboxylic acid groups (broad SMARTS) is 1. The van der Waals surface area contributed by atoms with E-state index in [1.54, 1.807) is 35.2 Å². The quantitative estimate of drug-likeness (QED) is 0.898. The number of fused-ring (bicyclic) bond motifs is 1. The molecule has 1 amide bonds. The van der Waals surface area contributed by atoms with Gasteiger partial charge < -0.3 is 10.4 Å². The van der Waals surface area contributed by atoms with Crippen molar-refractivity contribution in [2.75, 3.05) is 11.1 Å². The Hall–Kier alpha value is -1.79. The van der Waals surface area contributed by atoms with E-state index in [0.717, 1.165) is 23.3 Å². The molecule has 114 valence electrons. The summed E-state index contributed by atoms with van der Waals surface area (Å²) in [6.07, 6.45) is 1.01. The first-order valence-corrected chi connectivity index (χ1v) is 8.82. The molecule has 2 N–H and O–H groups in total. The van der Waals surface area contributed by atoms with Crippen LogP contribution in [-0.2, 0) is 11.2 Å². The Kier molecular flexibility index (Phi) is 4.22. The average molecular weight is 333 g/mol. The lowest BCUT2D eigenvalue weighted by Gasteiger charge is -2.22. The number of carbonyl (C=O) groups is 2. The third kappa shape index (κ3) is 2.89. The van der Waals surface area contributed by atoms with Gasteiger partial charge in [0.15, 0.2) is 0 Å². The highest BCUT2D eigenvalue weighted by Crippen LogP contribution is 2.40. The molecule has 0 spiro atoms. The molecule has 0 saturated carbocycles. The second-order valence-electron chi connectivity index (χ2n) is 5.12. The highest BCUT2D eigenvalue weighted by Gasteiger charge is 2.28. The molecule has 2 heterocycles. The van der Waals surface area contributed by atoms with Gasteiger partial charge in [0.1, 0.15) is 5.25 Å². The fourth-order valence-electron chi connectivity index (χ4n) is 2.45. The van der Waals surface area contributed by atoms with Crippen LogP contribution in [0.4, 0.5) is 5.69 Å². The van der Waals surface area contributed by atoms with Crippen LogP contribution in [0.3, 0.4) is 0 Å². The van der Waals surface area contributed by atoms with E-state index in [1.165, 1.54) is 10.9 Å². The highest BCUT2D eigenvalue weighted by atomic mass is 32.2. The Labute approximate surface area is 136 Å². The molecule has 1 aromatic carbocycles. The average Bonchev–Trinajstić information content (AvgIpc) is 2.97. The van der Waals surface area contributed by atoms with E-state index in [9.17, 15) is 9.59 Å². The van der Waals surface area contributed by atoms with Gasteiger partial charge in [-0.2, -0.15) is 0 Å². The SMILES string of the molecule is Cc1ccc(C(=O)O)cc1NC(=O)C1SCCc2sccc21. The molecule has 4 nitrogen and oxygen atoms in total. The highest BCUT2D eigenvalue weighted by molar-refractivity contribution is 8.00. The number of aryl methyl sites for hydroxylation is 2. The van der Waals surface area contributed by atoms with Crippen molar-refractivity contribution in [1.82, 2.24) is 0 Å². The zero-order valence-electron chi connectivity index (χ0n) is 12.0. The number of carboxylic acids is 1. The first-order valence-electron chi connectivity index (χ1n) is 6.89. The molecule has 1 aliphatic rings. The Morgan fingerprint density at radius 3 is 2.91 bits per heavy atom. The van der Waals surface area contributed by atoms with Gasteiger partial charge in [0.2, 0.25) is 5.91 Å². The lowest BCUT2D eigenvalue weighted by molar-refractivity contribution is -0.115. The molecule has 1 atom stereocenters. The molecule has 1 aliphatic heterocycles. The van der Waals surface area contributed by atoms with Crippen molar-refractivity contribution in [3.63, 3.8) is 0 Å². The molecular weight excluding hydrogens is 318 g/mol. The van der Waals surface area contributed by atoms with E-state index in [4.69, 9.17) is 5.11 Å². The van der Waals surface area contributed by atoms with Gasteiger partial charge in [0.05, 0.1) is 5.56 Å². The van der Waals surface area contributed by atoms with Crippen LogP contribution >= 0.6 is 23.1 Å². The lowest BCUT2D eigenvalue weighted by atomic mass is 10.1. The van der Waals surface area contributed by atoms with Crippen molar-refractivity contribution in [2.45, 2.75) is 18.6 Å². The summed E-state index contributed by atoms with van der Waals surface area (Å²) < 4.78 is 0. The number of rotatable bonds is 3. The first kappa shape index (κ1) is 15.1. The molecule has 0 bridgehead atoms. The zero-order chi connectivity index (χ0) is 15.7. The Bertz CT molecular complexity index is 739. The van der Waals surface area contributed by atoms with Gasteiger partial charge in [0.25, 0.3) is 0 Å². The number of thioether (sulfide) groups is 1. The molecule has 22 heavy (non-hydrogen) atoms. The molecule has 6 heteroatoms. The van der Waals surface area contributed by atoms with Gasteiger partial charge in [-0.15, -0.1) is 23.1 Å². The van der Waals surface area contributed by atoms with Crippen LogP contribution in [0.5, 0.6) is 0 Å². The Balaban J connectivity index is 1.84. The van der Waals surface area contributed by atoms with Crippen molar-refractivity contribution in [3.05, 3.63) is 51.2 Å². The minimum absolute atomic E-state index is 0.0880. The topological polar surface area (TPSA) is 66.4 Å². The van der Waals surface area contributed by atoms with Gasteiger partial charge >= 0.3 is 5.97 Å². The van der Waals surface area contributed by atoms with Crippen molar-refractivity contribution in [2.24, 2.45) is 0 Å². The number of benzene rings is 1. The largest absolute Gasteiger partial charge is 0.478 e. The summed E-state index contributed by atoms with van der Waals surface area (Å²) in [4.78, 5) is 24.9. The number of amides is 1. The third-order valence-corrected chi connectivity index (χ3v) is 5.89. The Morgan fingerprint density at radius 2 is 2.14 bits per heavy atom.